The fourth-order valence-electron chi connectivity index (χ4n) is 0.498. The molecule has 0 spiro atoms. The van der Waals surface area contributed by atoms with Crippen LogP contribution in [0.15, 0.2) is 0 Å². The normalized spacial score (nSPS) is 17.0. The Morgan fingerprint density at radius 3 is 2.17 bits per heavy atom. The molecule has 0 atom stereocenters. The third kappa shape index (κ3) is 6.84. The van der Waals surface area contributed by atoms with Gasteiger partial charge in [-0.25, -0.2) is 0 Å². The van der Waals surface area contributed by atoms with Crippen molar-refractivity contribution in [3.05, 3.63) is 0 Å². The van der Waals surface area contributed by atoms with Gasteiger partial charge >= 0.3 is 65.1 Å². The Balaban J connectivity index is 0.00000121. The smallest absolute Gasteiger partial charge is 0.832 e. The maximum Gasteiger partial charge on any atom is 1.00 e. The minimum absolute atomic E-state index is 0. The number of hydrogen-bond donors (Lipinski definition) is 0. The quantitative estimate of drug-likeness (QED) is 0.465. The van der Waals surface area contributed by atoms with Crippen LogP contribution < -0.4 is 56.4 Å². The molecule has 0 heterocycles. The van der Waals surface area contributed by atoms with Gasteiger partial charge in [-0.3, -0.25) is 0 Å². The van der Waals surface area contributed by atoms with Crippen LogP contribution in [0.2, 0.25) is 0 Å². The molecule has 1 aliphatic carbocycles. The van der Waals surface area contributed by atoms with Crippen molar-refractivity contribution in [3.63, 3.8) is 0 Å². The molecule has 0 amide bonds. The average molecular weight is 208 g/mol. The molecule has 0 radical (unpaired) electrons. The first-order valence-corrected chi connectivity index (χ1v) is 3.03. The van der Waals surface area contributed by atoms with Gasteiger partial charge in [-0.1, -0.05) is 0 Å². The topological polar surface area (TPSA) is 41.5 Å². The Bertz CT molecular complexity index is 140. The van der Waals surface area contributed by atoms with Gasteiger partial charge in [-0.2, -0.15) is 0 Å². The molecule has 12 heavy (non-hydrogen) atoms. The molecule has 0 saturated heterocycles. The summed E-state index contributed by atoms with van der Waals surface area (Å²) in [5.74, 6) is 0. The van der Waals surface area contributed by atoms with E-state index in [-0.39, 0.29) is 57.5 Å². The minimum Gasteiger partial charge on any atom is -0.832 e. The monoisotopic (exact) mass is 208 g/mol. The summed E-state index contributed by atoms with van der Waals surface area (Å²) in [4.78, 5) is 0. The van der Waals surface area contributed by atoms with E-state index in [0.717, 1.165) is 0 Å². The Labute approximate surface area is 110 Å². The fraction of sp³-hybridized carbons (Fsp3) is 1.00. The van der Waals surface area contributed by atoms with Crippen LogP contribution in [-0.2, 0) is 9.31 Å². The van der Waals surface area contributed by atoms with Gasteiger partial charge in [0.05, 0.1) is 0 Å². The summed E-state index contributed by atoms with van der Waals surface area (Å²) >= 11 is 0. The molecule has 1 fully saturated rings. The predicted molar refractivity (Wildman–Crippen MR) is 27.0 cm³/mol. The molecule has 1 aliphatic rings. The van der Waals surface area contributed by atoms with Crippen LogP contribution in [0.25, 0.3) is 0 Å². The van der Waals surface area contributed by atoms with Crippen molar-refractivity contribution < 1.29 is 78.9 Å². The van der Waals surface area contributed by atoms with Crippen LogP contribution in [0.3, 0.4) is 0 Å². The van der Waals surface area contributed by atoms with Crippen molar-refractivity contribution in [1.82, 2.24) is 0 Å². The van der Waals surface area contributed by atoms with Gasteiger partial charge in [0, 0.05) is 6.10 Å². The van der Waals surface area contributed by atoms with Crippen LogP contribution in [0, 0.1) is 0 Å². The summed E-state index contributed by atoms with van der Waals surface area (Å²) in [6.07, 6.45) is -3.96. The summed E-state index contributed by atoms with van der Waals surface area (Å²) in [6, 6.07) is 0. The van der Waals surface area contributed by atoms with Gasteiger partial charge in [0.25, 0.3) is 0 Å². The minimum atomic E-state index is -4.90. The van der Waals surface area contributed by atoms with Crippen molar-refractivity contribution in [1.29, 1.82) is 0 Å². The number of halogens is 3. The summed E-state index contributed by atoms with van der Waals surface area (Å²) in [6.45, 7) is 0. The van der Waals surface area contributed by atoms with E-state index in [1.807, 2.05) is 0 Å². The first-order valence-electron chi connectivity index (χ1n) is 3.03. The standard InChI is InChI=1S/C4H5BF3O3.K/c6-4(7,8)11-5(9)10-3-1-2-3;/h3H,1-2H2;/q-1;+1. The molecule has 0 bridgehead atoms. The average Bonchev–Trinajstić information content (AvgIpc) is 2.42. The second-order valence-corrected chi connectivity index (χ2v) is 2.19. The zero-order valence-electron chi connectivity index (χ0n) is 6.43. The molecule has 0 N–H and O–H groups in total. The van der Waals surface area contributed by atoms with Crippen molar-refractivity contribution in [2.75, 3.05) is 0 Å². The molecule has 0 aromatic heterocycles. The van der Waals surface area contributed by atoms with Gasteiger partial charge in [0.2, 0.25) is 0 Å². The van der Waals surface area contributed by atoms with Gasteiger partial charge in [0.1, 0.15) is 0 Å². The van der Waals surface area contributed by atoms with Crippen molar-refractivity contribution in [2.45, 2.75) is 25.3 Å². The fourth-order valence-corrected chi connectivity index (χ4v) is 0.498. The molecule has 0 aliphatic heterocycles. The van der Waals surface area contributed by atoms with E-state index in [1.165, 1.54) is 0 Å². The van der Waals surface area contributed by atoms with Crippen LogP contribution in [-0.4, -0.2) is 19.8 Å². The number of alkyl halides is 3. The van der Waals surface area contributed by atoms with Crippen molar-refractivity contribution >= 4 is 7.32 Å². The number of hydrogen-bond acceptors (Lipinski definition) is 3. The zero-order valence-corrected chi connectivity index (χ0v) is 9.55. The van der Waals surface area contributed by atoms with Crippen molar-refractivity contribution in [3.8, 4) is 0 Å². The second kappa shape index (κ2) is 5.30. The van der Waals surface area contributed by atoms with E-state index in [4.69, 9.17) is 0 Å². The Hall–Kier alpha value is 1.37. The van der Waals surface area contributed by atoms with Crippen LogP contribution in [0.5, 0.6) is 0 Å². The van der Waals surface area contributed by atoms with Gasteiger partial charge in [-0.15, -0.1) is 13.2 Å². The largest absolute Gasteiger partial charge is 1.00 e. The van der Waals surface area contributed by atoms with Gasteiger partial charge < -0.3 is 14.3 Å². The van der Waals surface area contributed by atoms with Gasteiger partial charge in [0.15, 0.2) is 0 Å². The molecule has 0 aromatic carbocycles. The van der Waals surface area contributed by atoms with Crippen LogP contribution in [0.1, 0.15) is 12.8 Å². The first-order chi connectivity index (χ1) is 4.97. The summed E-state index contributed by atoms with van der Waals surface area (Å²) in [7, 11) is -2.43. The van der Waals surface area contributed by atoms with Gasteiger partial charge in [-0.05, 0) is 12.8 Å². The SMILES string of the molecule is [K+].[O-]B(OC1CC1)OC(F)(F)F. The Kier molecular flexibility index (Phi) is 5.91. The molecule has 1 saturated carbocycles. The molecule has 64 valence electrons. The van der Waals surface area contributed by atoms with E-state index < -0.39 is 13.7 Å². The molecular formula is C4H5BF3KO3. The van der Waals surface area contributed by atoms with E-state index in [1.54, 1.807) is 0 Å². The second-order valence-electron chi connectivity index (χ2n) is 2.19. The predicted octanol–water partition coefficient (Wildman–Crippen LogP) is -2.95. The molecule has 3 nitrogen and oxygen atoms in total. The van der Waals surface area contributed by atoms with E-state index in [9.17, 15) is 18.2 Å². The first kappa shape index (κ1) is 13.4. The Morgan fingerprint density at radius 1 is 1.33 bits per heavy atom. The zero-order chi connectivity index (χ0) is 8.48. The third-order valence-corrected chi connectivity index (χ3v) is 1.06. The maximum atomic E-state index is 11.3. The molecule has 1 rings (SSSR count). The van der Waals surface area contributed by atoms with E-state index >= 15 is 0 Å². The summed E-state index contributed by atoms with van der Waals surface area (Å²) in [5.41, 5.74) is 0. The molecule has 8 heteroatoms. The van der Waals surface area contributed by atoms with Crippen LogP contribution >= 0.6 is 0 Å². The van der Waals surface area contributed by atoms with E-state index in [2.05, 4.69) is 9.31 Å². The Morgan fingerprint density at radius 2 is 1.83 bits per heavy atom. The molecule has 0 aromatic rings. The van der Waals surface area contributed by atoms with E-state index in [0.29, 0.717) is 12.8 Å². The summed E-state index contributed by atoms with van der Waals surface area (Å²) in [5, 5.41) is 10.2. The molecule has 0 unspecified atom stereocenters. The summed E-state index contributed by atoms with van der Waals surface area (Å²) < 4.78 is 41.1. The van der Waals surface area contributed by atoms with Crippen molar-refractivity contribution in [2.24, 2.45) is 0 Å². The third-order valence-electron chi connectivity index (χ3n) is 1.06. The number of rotatable bonds is 3. The maximum absolute atomic E-state index is 11.3. The van der Waals surface area contributed by atoms with Crippen LogP contribution in [0.4, 0.5) is 13.2 Å². The molecular weight excluding hydrogens is 203 g/mol.